The molecule has 0 saturated carbocycles. The van der Waals surface area contributed by atoms with Gasteiger partial charge in [-0.25, -0.2) is 17.9 Å². The molecule has 1 aliphatic heterocycles. The van der Waals surface area contributed by atoms with Gasteiger partial charge in [-0.15, -0.1) is 0 Å². The predicted octanol–water partition coefficient (Wildman–Crippen LogP) is 3.07. The van der Waals surface area contributed by atoms with E-state index in [-0.39, 0.29) is 16.4 Å². The Morgan fingerprint density at radius 3 is 2.44 bits per heavy atom. The Morgan fingerprint density at radius 1 is 1.15 bits per heavy atom. The van der Waals surface area contributed by atoms with Crippen LogP contribution in [0.1, 0.15) is 18.4 Å². The number of hydrogen-bond acceptors (Lipinski definition) is 5. The van der Waals surface area contributed by atoms with Crippen molar-refractivity contribution >= 4 is 27.5 Å². The minimum atomic E-state index is -4.02. The largest absolute Gasteiger partial charge is 0.365 e. The third-order valence-corrected chi connectivity index (χ3v) is 5.35. The van der Waals surface area contributed by atoms with Crippen LogP contribution in [-0.4, -0.2) is 26.4 Å². The lowest BCUT2D eigenvalue weighted by Gasteiger charge is -2.30. The van der Waals surface area contributed by atoms with Crippen LogP contribution in [-0.2, 0) is 10.0 Å². The van der Waals surface area contributed by atoms with Crippen molar-refractivity contribution in [3.63, 3.8) is 0 Å². The summed E-state index contributed by atoms with van der Waals surface area (Å²) in [6, 6.07) is 9.98. The number of nitrogens with zero attached hydrogens (tertiary/aromatic N) is 2. The number of sulfonamides is 1. The number of primary sulfonamides is 1. The van der Waals surface area contributed by atoms with E-state index in [0.29, 0.717) is 31.6 Å². The number of piperidine rings is 1. The van der Waals surface area contributed by atoms with Gasteiger partial charge in [0.1, 0.15) is 11.5 Å². The minimum absolute atomic E-state index is 0.290. The number of benzene rings is 2. The van der Waals surface area contributed by atoms with E-state index < -0.39 is 14.9 Å². The molecule has 0 spiro atoms. The summed E-state index contributed by atoms with van der Waals surface area (Å²) in [5.74, 6) is -0.299. The molecule has 0 bridgehead atoms. The van der Waals surface area contributed by atoms with Gasteiger partial charge in [0.25, 0.3) is 5.69 Å². The molecule has 27 heavy (non-hydrogen) atoms. The summed E-state index contributed by atoms with van der Waals surface area (Å²) in [7, 11) is -4.02. The summed E-state index contributed by atoms with van der Waals surface area (Å²) in [4.78, 5) is 12.3. The maximum atomic E-state index is 13.3. The quantitative estimate of drug-likeness (QED) is 0.637. The Hall–Kier alpha value is -2.78. The molecule has 7 nitrogen and oxygen atoms in total. The SMILES string of the molecule is NS(=O)(=O)c1ccc(N2CCC(=Cc3cccc(F)c3)CC2)c([N+](=O)[O-])c1. The van der Waals surface area contributed by atoms with Gasteiger partial charge in [-0.1, -0.05) is 23.8 Å². The topological polar surface area (TPSA) is 107 Å². The van der Waals surface area contributed by atoms with Gasteiger partial charge in [0.2, 0.25) is 10.0 Å². The van der Waals surface area contributed by atoms with Gasteiger partial charge in [0.05, 0.1) is 9.82 Å². The molecule has 9 heteroatoms. The van der Waals surface area contributed by atoms with Crippen LogP contribution in [0.5, 0.6) is 0 Å². The number of nitro benzene ring substituents is 1. The predicted molar refractivity (Wildman–Crippen MR) is 100 cm³/mol. The van der Waals surface area contributed by atoms with Crippen molar-refractivity contribution < 1.29 is 17.7 Å². The monoisotopic (exact) mass is 391 g/mol. The Labute approximate surface area is 156 Å². The second-order valence-electron chi connectivity index (χ2n) is 6.30. The Balaban J connectivity index is 1.81. The van der Waals surface area contributed by atoms with Crippen LogP contribution >= 0.6 is 0 Å². The van der Waals surface area contributed by atoms with E-state index in [2.05, 4.69) is 0 Å². The summed E-state index contributed by atoms with van der Waals surface area (Å²) >= 11 is 0. The maximum Gasteiger partial charge on any atom is 0.293 e. The maximum absolute atomic E-state index is 13.3. The third kappa shape index (κ3) is 4.50. The molecule has 1 saturated heterocycles. The average molecular weight is 391 g/mol. The fraction of sp³-hybridized carbons (Fsp3) is 0.222. The van der Waals surface area contributed by atoms with E-state index in [4.69, 9.17) is 5.14 Å². The van der Waals surface area contributed by atoms with Gasteiger partial charge in [0.15, 0.2) is 0 Å². The van der Waals surface area contributed by atoms with Crippen LogP contribution in [0.15, 0.2) is 52.9 Å². The highest BCUT2D eigenvalue weighted by Crippen LogP contribution is 2.33. The van der Waals surface area contributed by atoms with E-state index in [1.54, 1.807) is 6.07 Å². The summed E-state index contributed by atoms with van der Waals surface area (Å²) in [6.07, 6.45) is 3.27. The molecule has 142 valence electrons. The first-order valence-corrected chi connectivity index (χ1v) is 9.80. The molecule has 0 aromatic heterocycles. The zero-order valence-electron chi connectivity index (χ0n) is 14.3. The minimum Gasteiger partial charge on any atom is -0.365 e. The van der Waals surface area contributed by atoms with Gasteiger partial charge < -0.3 is 4.90 Å². The van der Waals surface area contributed by atoms with Crippen LogP contribution in [0.25, 0.3) is 6.08 Å². The van der Waals surface area contributed by atoms with E-state index in [1.165, 1.54) is 24.3 Å². The van der Waals surface area contributed by atoms with Crippen molar-refractivity contribution in [2.24, 2.45) is 5.14 Å². The van der Waals surface area contributed by atoms with Crippen molar-refractivity contribution in [1.82, 2.24) is 0 Å². The van der Waals surface area contributed by atoms with Gasteiger partial charge in [-0.3, -0.25) is 10.1 Å². The highest BCUT2D eigenvalue weighted by molar-refractivity contribution is 7.89. The molecule has 0 radical (unpaired) electrons. The lowest BCUT2D eigenvalue weighted by atomic mass is 10.00. The summed E-state index contributed by atoms with van der Waals surface area (Å²) in [5.41, 5.74) is 1.97. The smallest absolute Gasteiger partial charge is 0.293 e. The Kier molecular flexibility index (Phi) is 5.24. The number of hydrogen-bond donors (Lipinski definition) is 1. The molecule has 0 aliphatic carbocycles. The van der Waals surface area contributed by atoms with Crippen LogP contribution in [0, 0.1) is 15.9 Å². The molecule has 1 aliphatic rings. The molecular weight excluding hydrogens is 373 g/mol. The van der Waals surface area contributed by atoms with Crippen molar-refractivity contribution in [2.75, 3.05) is 18.0 Å². The zero-order chi connectivity index (χ0) is 19.6. The van der Waals surface area contributed by atoms with Gasteiger partial charge >= 0.3 is 0 Å². The Morgan fingerprint density at radius 2 is 1.85 bits per heavy atom. The second-order valence-corrected chi connectivity index (χ2v) is 7.86. The zero-order valence-corrected chi connectivity index (χ0v) is 15.2. The molecule has 2 N–H and O–H groups in total. The van der Waals surface area contributed by atoms with Gasteiger partial charge in [0, 0.05) is 19.2 Å². The first-order valence-electron chi connectivity index (χ1n) is 8.25. The number of rotatable bonds is 4. The average Bonchev–Trinajstić information content (AvgIpc) is 2.61. The molecule has 2 aromatic carbocycles. The second kappa shape index (κ2) is 7.45. The highest BCUT2D eigenvalue weighted by atomic mass is 32.2. The van der Waals surface area contributed by atoms with E-state index in [9.17, 15) is 22.9 Å². The normalized spacial score (nSPS) is 14.9. The fourth-order valence-electron chi connectivity index (χ4n) is 3.11. The summed E-state index contributed by atoms with van der Waals surface area (Å²) in [5, 5.41) is 16.4. The van der Waals surface area contributed by atoms with Crippen LogP contribution in [0.2, 0.25) is 0 Å². The molecule has 3 rings (SSSR count). The van der Waals surface area contributed by atoms with Crippen molar-refractivity contribution in [2.45, 2.75) is 17.7 Å². The number of nitro groups is 1. The molecule has 1 heterocycles. The third-order valence-electron chi connectivity index (χ3n) is 4.44. The van der Waals surface area contributed by atoms with Gasteiger partial charge in [-0.05, 0) is 42.7 Å². The van der Waals surface area contributed by atoms with Crippen molar-refractivity contribution in [3.8, 4) is 0 Å². The first-order chi connectivity index (χ1) is 12.7. The first kappa shape index (κ1) is 19.0. The molecule has 2 aromatic rings. The van der Waals surface area contributed by atoms with E-state index >= 15 is 0 Å². The van der Waals surface area contributed by atoms with E-state index in [0.717, 1.165) is 17.2 Å². The summed E-state index contributed by atoms with van der Waals surface area (Å²) in [6.45, 7) is 1.08. The molecule has 1 fully saturated rings. The van der Waals surface area contributed by atoms with Crippen LogP contribution in [0.3, 0.4) is 0 Å². The van der Waals surface area contributed by atoms with E-state index in [1.807, 2.05) is 17.0 Å². The highest BCUT2D eigenvalue weighted by Gasteiger charge is 2.24. The standard InChI is InChI=1S/C18H18FN3O4S/c19-15-3-1-2-14(11-15)10-13-6-8-21(9-7-13)17-5-4-16(27(20,25)26)12-18(17)22(23)24/h1-5,10-12H,6-9H2,(H2,20,25,26). The fourth-order valence-corrected chi connectivity index (χ4v) is 3.64. The van der Waals surface area contributed by atoms with Crippen molar-refractivity contribution in [1.29, 1.82) is 0 Å². The van der Waals surface area contributed by atoms with Crippen LogP contribution in [0.4, 0.5) is 15.8 Å². The molecule has 0 atom stereocenters. The molecule has 0 unspecified atom stereocenters. The summed E-state index contributed by atoms with van der Waals surface area (Å²) < 4.78 is 36.2. The lowest BCUT2D eigenvalue weighted by Crippen LogP contribution is -2.31. The molecule has 0 amide bonds. The Bertz CT molecular complexity index is 1010. The van der Waals surface area contributed by atoms with Gasteiger partial charge in [-0.2, -0.15) is 0 Å². The number of halogens is 1. The number of nitrogens with two attached hydrogens (primary N) is 1. The molecular formula is C18H18FN3O4S. The lowest BCUT2D eigenvalue weighted by molar-refractivity contribution is -0.384. The number of anilines is 1. The van der Waals surface area contributed by atoms with Crippen LogP contribution < -0.4 is 10.0 Å². The van der Waals surface area contributed by atoms with Crippen molar-refractivity contribution in [3.05, 3.63) is 69.5 Å².